The van der Waals surface area contributed by atoms with Crippen LogP contribution in [-0.4, -0.2) is 23.0 Å². The van der Waals surface area contributed by atoms with E-state index in [4.69, 9.17) is 11.6 Å². The number of fused-ring (bicyclic) bond motifs is 1. The molecule has 176 valence electrons. The third-order valence-electron chi connectivity index (χ3n) is 5.78. The summed E-state index contributed by atoms with van der Waals surface area (Å²) in [5, 5.41) is 16.4. The molecule has 0 saturated heterocycles. The smallest absolute Gasteiger partial charge is 0.382 e. The molecule has 1 aliphatic rings. The van der Waals surface area contributed by atoms with E-state index in [0.717, 1.165) is 25.3 Å². The Morgan fingerprint density at radius 3 is 2.65 bits per heavy atom. The van der Waals surface area contributed by atoms with Crippen LogP contribution in [0.5, 0.6) is 0 Å². The molecule has 1 unspecified atom stereocenters. The molecule has 1 heterocycles. The van der Waals surface area contributed by atoms with E-state index in [2.05, 4.69) is 31.5 Å². The van der Waals surface area contributed by atoms with Gasteiger partial charge in [0.05, 0.1) is 22.7 Å². The second kappa shape index (κ2) is 9.80. The van der Waals surface area contributed by atoms with E-state index < -0.39 is 11.9 Å². The van der Waals surface area contributed by atoms with Crippen LogP contribution >= 0.6 is 27.5 Å². The summed E-state index contributed by atoms with van der Waals surface area (Å²) in [6.07, 6.45) is -1.82. The lowest BCUT2D eigenvalue weighted by Crippen LogP contribution is -2.42. The maximum atomic E-state index is 13.4. The van der Waals surface area contributed by atoms with Gasteiger partial charge >= 0.3 is 6.18 Å². The van der Waals surface area contributed by atoms with Crippen molar-refractivity contribution in [3.05, 3.63) is 68.8 Å². The van der Waals surface area contributed by atoms with Crippen molar-refractivity contribution in [3.8, 4) is 6.07 Å². The first-order valence-corrected chi connectivity index (χ1v) is 11.8. The first kappa shape index (κ1) is 24.3. The van der Waals surface area contributed by atoms with Gasteiger partial charge in [0.25, 0.3) is 5.91 Å². The minimum Gasteiger partial charge on any atom is -0.382 e. The van der Waals surface area contributed by atoms with Crippen LogP contribution in [0.4, 0.5) is 18.9 Å². The molecular weight excluding hydrogens is 533 g/mol. The summed E-state index contributed by atoms with van der Waals surface area (Å²) >= 11 is 9.40. The number of nitrogens with one attached hydrogen (secondary N) is 2. The predicted octanol–water partition coefficient (Wildman–Crippen LogP) is 6.69. The third kappa shape index (κ3) is 5.45. The average molecular weight is 552 g/mol. The highest BCUT2D eigenvalue weighted by molar-refractivity contribution is 9.10. The van der Waals surface area contributed by atoms with Gasteiger partial charge in [0.2, 0.25) is 0 Å². The Balaban J connectivity index is 1.55. The quantitative estimate of drug-likeness (QED) is 0.379. The zero-order valence-corrected chi connectivity index (χ0v) is 20.1. The zero-order chi connectivity index (χ0) is 24.5. The number of amides is 1. The van der Waals surface area contributed by atoms with Crippen molar-refractivity contribution in [2.75, 3.05) is 5.32 Å². The molecule has 1 aliphatic carbocycles. The Bertz CT molecular complexity index is 1290. The monoisotopic (exact) mass is 550 g/mol. The largest absolute Gasteiger partial charge is 0.433 e. The normalized spacial score (nSPS) is 18.4. The number of nitrogens with zero attached hydrogens (tertiary/aromatic N) is 2. The molecule has 10 heteroatoms. The number of pyridine rings is 1. The second-order valence-electron chi connectivity index (χ2n) is 8.19. The van der Waals surface area contributed by atoms with Gasteiger partial charge < -0.3 is 10.6 Å². The fraction of sp³-hybridized carbons (Fsp3) is 0.292. The Morgan fingerprint density at radius 2 is 1.91 bits per heavy atom. The standard InChI is InChI=1S/C24H19BrClF3N4O/c25-14-5-4-13(12-30)18(8-14)23(34)32-17-3-1-2-16(10-17)31-21-11-22(24(27,28)29)33-20-7-6-15(26)9-19(20)21/h4-9,11,16-17H,1-3,10H2,(H,31,33)(H,32,34)/t16-,17?/m0/s1. The van der Waals surface area contributed by atoms with E-state index in [-0.39, 0.29) is 34.6 Å². The van der Waals surface area contributed by atoms with Crippen molar-refractivity contribution >= 4 is 50.0 Å². The molecule has 3 aromatic rings. The van der Waals surface area contributed by atoms with Crippen LogP contribution < -0.4 is 10.6 Å². The van der Waals surface area contributed by atoms with Crippen LogP contribution in [0.25, 0.3) is 10.9 Å². The van der Waals surface area contributed by atoms with E-state index in [1.165, 1.54) is 12.1 Å². The number of aromatic nitrogens is 1. The number of carbonyl (C=O) groups is 1. The van der Waals surface area contributed by atoms with Crippen LogP contribution in [0.3, 0.4) is 0 Å². The molecular formula is C24H19BrClF3N4O. The lowest BCUT2D eigenvalue weighted by Gasteiger charge is -2.31. The molecule has 1 saturated carbocycles. The van der Waals surface area contributed by atoms with Crippen molar-refractivity contribution in [3.63, 3.8) is 0 Å². The van der Waals surface area contributed by atoms with Gasteiger partial charge in [-0.25, -0.2) is 4.98 Å². The average Bonchev–Trinajstić information content (AvgIpc) is 2.78. The first-order valence-electron chi connectivity index (χ1n) is 10.6. The predicted molar refractivity (Wildman–Crippen MR) is 128 cm³/mol. The molecule has 0 radical (unpaired) electrons. The summed E-state index contributed by atoms with van der Waals surface area (Å²) in [6.45, 7) is 0. The minimum atomic E-state index is -4.59. The number of anilines is 1. The summed E-state index contributed by atoms with van der Waals surface area (Å²) in [6, 6.07) is 12.1. The number of rotatable bonds is 4. The van der Waals surface area contributed by atoms with Gasteiger partial charge in [0.15, 0.2) is 0 Å². The molecule has 2 aromatic carbocycles. The van der Waals surface area contributed by atoms with Gasteiger partial charge in [-0.1, -0.05) is 27.5 Å². The van der Waals surface area contributed by atoms with Crippen molar-refractivity contribution < 1.29 is 18.0 Å². The Morgan fingerprint density at radius 1 is 1.15 bits per heavy atom. The molecule has 1 fully saturated rings. The maximum Gasteiger partial charge on any atom is 0.433 e. The van der Waals surface area contributed by atoms with Gasteiger partial charge in [-0.15, -0.1) is 0 Å². The molecule has 0 bridgehead atoms. The molecule has 2 atom stereocenters. The highest BCUT2D eigenvalue weighted by Crippen LogP contribution is 2.35. The topological polar surface area (TPSA) is 77.8 Å². The van der Waals surface area contributed by atoms with Crippen molar-refractivity contribution in [1.82, 2.24) is 10.3 Å². The van der Waals surface area contributed by atoms with Gasteiger partial charge in [-0.2, -0.15) is 18.4 Å². The number of nitriles is 1. The van der Waals surface area contributed by atoms with Crippen LogP contribution in [0, 0.1) is 11.3 Å². The van der Waals surface area contributed by atoms with Crippen molar-refractivity contribution in [1.29, 1.82) is 5.26 Å². The Labute approximate surface area is 207 Å². The van der Waals surface area contributed by atoms with E-state index >= 15 is 0 Å². The van der Waals surface area contributed by atoms with Gasteiger partial charge in [0.1, 0.15) is 5.69 Å². The molecule has 4 rings (SSSR count). The summed E-state index contributed by atoms with van der Waals surface area (Å²) < 4.78 is 40.9. The van der Waals surface area contributed by atoms with E-state index in [1.807, 2.05) is 6.07 Å². The van der Waals surface area contributed by atoms with Crippen LogP contribution in [0.1, 0.15) is 47.3 Å². The van der Waals surface area contributed by atoms with E-state index in [1.54, 1.807) is 24.3 Å². The van der Waals surface area contributed by atoms with Crippen molar-refractivity contribution in [2.45, 2.75) is 43.9 Å². The number of benzene rings is 2. The fourth-order valence-corrected chi connectivity index (χ4v) is 4.73. The Kier molecular flexibility index (Phi) is 7.01. The number of halogens is 5. The second-order valence-corrected chi connectivity index (χ2v) is 9.55. The van der Waals surface area contributed by atoms with Gasteiger partial charge in [-0.05, 0) is 68.1 Å². The molecule has 5 nitrogen and oxygen atoms in total. The minimum absolute atomic E-state index is 0.164. The zero-order valence-electron chi connectivity index (χ0n) is 17.7. The maximum absolute atomic E-state index is 13.4. The molecule has 34 heavy (non-hydrogen) atoms. The Hall–Kier alpha value is -2.83. The molecule has 1 amide bonds. The number of hydrogen-bond acceptors (Lipinski definition) is 4. The fourth-order valence-electron chi connectivity index (χ4n) is 4.20. The summed E-state index contributed by atoms with van der Waals surface area (Å²) in [5.74, 6) is -0.357. The van der Waals surface area contributed by atoms with E-state index in [9.17, 15) is 23.2 Å². The lowest BCUT2D eigenvalue weighted by molar-refractivity contribution is -0.140. The molecule has 2 N–H and O–H groups in total. The summed E-state index contributed by atoms with van der Waals surface area (Å²) in [4.78, 5) is 16.6. The van der Waals surface area contributed by atoms with Crippen LogP contribution in [0.15, 0.2) is 46.9 Å². The number of hydrogen-bond donors (Lipinski definition) is 2. The summed E-state index contributed by atoms with van der Waals surface area (Å²) in [5.41, 5.74) is 0.0587. The highest BCUT2D eigenvalue weighted by atomic mass is 79.9. The number of alkyl halides is 3. The molecule has 0 aliphatic heterocycles. The van der Waals surface area contributed by atoms with Gasteiger partial charge in [-0.3, -0.25) is 4.79 Å². The molecule has 1 aromatic heterocycles. The molecule has 0 spiro atoms. The first-order chi connectivity index (χ1) is 16.1. The van der Waals surface area contributed by atoms with Crippen molar-refractivity contribution in [2.24, 2.45) is 0 Å². The highest BCUT2D eigenvalue weighted by Gasteiger charge is 2.34. The van der Waals surface area contributed by atoms with E-state index in [0.29, 0.717) is 27.0 Å². The summed E-state index contributed by atoms with van der Waals surface area (Å²) in [7, 11) is 0. The SMILES string of the molecule is N#Cc1ccc(Br)cc1C(=O)NC1CCC[C@H](Nc2cc(C(F)(F)F)nc3ccc(Cl)cc23)C1. The lowest BCUT2D eigenvalue weighted by atomic mass is 9.90. The van der Waals surface area contributed by atoms with Crippen LogP contribution in [-0.2, 0) is 6.18 Å². The number of carbonyl (C=O) groups excluding carboxylic acids is 1. The van der Waals surface area contributed by atoms with Gasteiger partial charge in [0, 0.05) is 32.7 Å². The van der Waals surface area contributed by atoms with Crippen LogP contribution in [0.2, 0.25) is 5.02 Å². The third-order valence-corrected chi connectivity index (χ3v) is 6.51.